The molecule has 0 fully saturated rings. The zero-order valence-electron chi connectivity index (χ0n) is 19.9. The monoisotopic (exact) mass is 426 g/mol. The number of hydrogen-bond donors (Lipinski definition) is 0. The smallest absolute Gasteiger partial charge is 0.169 e. The largest absolute Gasteiger partial charge is 0.303 e. The highest BCUT2D eigenvalue weighted by molar-refractivity contribution is 5.79. The first kappa shape index (κ1) is 23.3. The van der Waals surface area contributed by atoms with Crippen molar-refractivity contribution in [3.63, 3.8) is 0 Å². The van der Waals surface area contributed by atoms with Crippen molar-refractivity contribution in [3.05, 3.63) is 93.6 Å². The lowest BCUT2D eigenvalue weighted by Gasteiger charge is -2.17. The van der Waals surface area contributed by atoms with E-state index >= 15 is 0 Å². The molecule has 32 heavy (non-hydrogen) atoms. The molecule has 3 heteroatoms. The van der Waals surface area contributed by atoms with E-state index in [4.69, 9.17) is 0 Å². The van der Waals surface area contributed by atoms with Crippen LogP contribution in [0.3, 0.4) is 0 Å². The van der Waals surface area contributed by atoms with Crippen molar-refractivity contribution >= 4 is 30.6 Å². The molecule has 3 rings (SSSR count). The van der Waals surface area contributed by atoms with E-state index in [2.05, 4.69) is 100 Å². The summed E-state index contributed by atoms with van der Waals surface area (Å²) in [7, 11) is 0. The number of aryl methyl sites for hydroxylation is 2. The van der Waals surface area contributed by atoms with Crippen molar-refractivity contribution in [1.82, 2.24) is 0 Å². The first-order valence-electron chi connectivity index (χ1n) is 11.3. The lowest BCUT2D eigenvalue weighted by atomic mass is 9.88. The third kappa shape index (κ3) is 5.47. The van der Waals surface area contributed by atoms with Crippen molar-refractivity contribution in [2.45, 2.75) is 54.1 Å². The van der Waals surface area contributed by atoms with Crippen molar-refractivity contribution in [2.24, 2.45) is 0 Å². The molecule has 164 valence electrons. The highest BCUT2D eigenvalue weighted by Crippen LogP contribution is 2.29. The minimum Gasteiger partial charge on any atom is -0.303 e. The molecule has 0 saturated carbocycles. The summed E-state index contributed by atoms with van der Waals surface area (Å²) in [5, 5.41) is 0. The third-order valence-corrected chi connectivity index (χ3v) is 6.33. The molecule has 1 aromatic carbocycles. The van der Waals surface area contributed by atoms with E-state index in [0.717, 1.165) is 24.9 Å². The molecule has 2 aromatic heterocycles. The third-order valence-electron chi connectivity index (χ3n) is 6.33. The lowest BCUT2D eigenvalue weighted by molar-refractivity contribution is -0.695. The Morgan fingerprint density at radius 1 is 0.656 bits per heavy atom. The van der Waals surface area contributed by atoms with Gasteiger partial charge < -0.3 is 4.79 Å². The SMILES string of the molecule is CC[n+]1ccc(/C=C/c2c(C)c(C)c(/C=C/c3cc[n+](CCC=O)cc3)c(C)c2C)cc1. The van der Waals surface area contributed by atoms with Gasteiger partial charge in [-0.1, -0.05) is 24.3 Å². The number of rotatable bonds is 8. The van der Waals surface area contributed by atoms with Gasteiger partial charge in [0.15, 0.2) is 31.3 Å². The summed E-state index contributed by atoms with van der Waals surface area (Å²) in [6.45, 7) is 12.7. The van der Waals surface area contributed by atoms with Crippen LogP contribution in [0.5, 0.6) is 0 Å². The van der Waals surface area contributed by atoms with Gasteiger partial charge in [-0.15, -0.1) is 0 Å². The van der Waals surface area contributed by atoms with Crippen LogP contribution in [0.15, 0.2) is 49.1 Å². The fourth-order valence-corrected chi connectivity index (χ4v) is 3.95. The molecule has 0 aliphatic heterocycles. The molecule has 3 nitrogen and oxygen atoms in total. The maximum absolute atomic E-state index is 10.6. The van der Waals surface area contributed by atoms with Gasteiger partial charge in [-0.2, -0.15) is 0 Å². The van der Waals surface area contributed by atoms with Crippen LogP contribution < -0.4 is 9.13 Å². The van der Waals surface area contributed by atoms with Gasteiger partial charge in [0.1, 0.15) is 12.8 Å². The van der Waals surface area contributed by atoms with Gasteiger partial charge in [0.25, 0.3) is 0 Å². The number of aldehydes is 1. The second-order valence-corrected chi connectivity index (χ2v) is 8.28. The first-order valence-corrected chi connectivity index (χ1v) is 11.3. The van der Waals surface area contributed by atoms with E-state index < -0.39 is 0 Å². The number of hydrogen-bond acceptors (Lipinski definition) is 1. The van der Waals surface area contributed by atoms with Gasteiger partial charge in [0.05, 0.1) is 6.42 Å². The Hall–Kier alpha value is -3.33. The molecule has 0 bridgehead atoms. The van der Waals surface area contributed by atoms with Crippen LogP contribution in [0.1, 0.15) is 57.9 Å². The van der Waals surface area contributed by atoms with Crippen LogP contribution in [-0.2, 0) is 17.9 Å². The number of nitrogens with zero attached hydrogens (tertiary/aromatic N) is 2. The van der Waals surface area contributed by atoms with E-state index in [1.54, 1.807) is 0 Å². The molecular weight excluding hydrogens is 392 g/mol. The zero-order valence-corrected chi connectivity index (χ0v) is 19.9. The Kier molecular flexibility index (Phi) is 7.88. The topological polar surface area (TPSA) is 24.8 Å². The fourth-order valence-electron chi connectivity index (χ4n) is 3.95. The summed E-state index contributed by atoms with van der Waals surface area (Å²) in [5.41, 5.74) is 10.2. The first-order chi connectivity index (χ1) is 15.4. The van der Waals surface area contributed by atoms with Gasteiger partial charge in [0, 0.05) is 24.3 Å². The van der Waals surface area contributed by atoms with Gasteiger partial charge in [0.2, 0.25) is 0 Å². The quantitative estimate of drug-likeness (QED) is 0.347. The van der Waals surface area contributed by atoms with Gasteiger partial charge >= 0.3 is 0 Å². The molecule has 0 aliphatic carbocycles. The predicted molar refractivity (Wildman–Crippen MR) is 133 cm³/mol. The van der Waals surface area contributed by atoms with Crippen LogP contribution in [0.25, 0.3) is 24.3 Å². The van der Waals surface area contributed by atoms with Crippen LogP contribution in [0, 0.1) is 27.7 Å². The summed E-state index contributed by atoms with van der Waals surface area (Å²) in [6.07, 6.45) is 18.6. The number of benzene rings is 1. The molecule has 2 heterocycles. The highest BCUT2D eigenvalue weighted by atomic mass is 16.1. The second-order valence-electron chi connectivity index (χ2n) is 8.28. The van der Waals surface area contributed by atoms with Gasteiger partial charge in [-0.3, -0.25) is 0 Å². The maximum Gasteiger partial charge on any atom is 0.169 e. The Balaban J connectivity index is 1.86. The minimum absolute atomic E-state index is 0.542. The van der Waals surface area contributed by atoms with Crippen LogP contribution >= 0.6 is 0 Å². The van der Waals surface area contributed by atoms with Crippen molar-refractivity contribution in [1.29, 1.82) is 0 Å². The van der Waals surface area contributed by atoms with Gasteiger partial charge in [-0.05, 0) is 79.1 Å². The molecule has 0 radical (unpaired) electrons. The molecule has 0 spiro atoms. The summed E-state index contributed by atoms with van der Waals surface area (Å²) in [6, 6.07) is 8.49. The van der Waals surface area contributed by atoms with Crippen molar-refractivity contribution in [3.8, 4) is 0 Å². The molecule has 0 unspecified atom stereocenters. The Morgan fingerprint density at radius 2 is 1.06 bits per heavy atom. The highest BCUT2D eigenvalue weighted by Gasteiger charge is 2.12. The Labute approximate surface area is 192 Å². The normalized spacial score (nSPS) is 11.5. The molecule has 0 aliphatic rings. The van der Waals surface area contributed by atoms with Crippen LogP contribution in [0.4, 0.5) is 0 Å². The molecule has 0 amide bonds. The van der Waals surface area contributed by atoms with E-state index in [9.17, 15) is 4.79 Å². The molecular formula is C29H34N2O+2. The summed E-state index contributed by atoms with van der Waals surface area (Å²) < 4.78 is 4.20. The number of pyridine rings is 2. The fraction of sp³-hybridized carbons (Fsp3) is 0.276. The summed E-state index contributed by atoms with van der Waals surface area (Å²) in [4.78, 5) is 10.6. The Morgan fingerprint density at radius 3 is 1.44 bits per heavy atom. The lowest BCUT2D eigenvalue weighted by Crippen LogP contribution is -2.32. The molecule has 0 N–H and O–H groups in total. The number of carbonyl (C=O) groups is 1. The van der Waals surface area contributed by atoms with E-state index in [1.807, 2.05) is 17.0 Å². The van der Waals surface area contributed by atoms with Crippen LogP contribution in [-0.4, -0.2) is 6.29 Å². The minimum atomic E-state index is 0.542. The number of carbonyl (C=O) groups excluding carboxylic acids is 1. The van der Waals surface area contributed by atoms with E-state index in [0.29, 0.717) is 6.42 Å². The standard InChI is InChI=1S/C29H34N2O/c1-6-30-17-12-26(13-18-30)8-10-28-22(2)24(4)29(25(5)23(28)3)11-9-27-14-19-31(20-15-27)16-7-21-32/h8-15,17-21H,6-7,16H2,1-5H3/q+2/b10-8+,11-9+. The number of aromatic nitrogens is 2. The maximum atomic E-state index is 10.6. The second kappa shape index (κ2) is 10.8. The molecule has 0 saturated heterocycles. The summed E-state index contributed by atoms with van der Waals surface area (Å²) in [5.74, 6) is 0. The predicted octanol–water partition coefficient (Wildman–Crippen LogP) is 5.44. The van der Waals surface area contributed by atoms with Crippen molar-refractivity contribution in [2.75, 3.05) is 0 Å². The molecule has 0 atom stereocenters. The average Bonchev–Trinajstić information content (AvgIpc) is 2.82. The molecule has 3 aromatic rings. The van der Waals surface area contributed by atoms with E-state index in [-0.39, 0.29) is 0 Å². The zero-order chi connectivity index (χ0) is 23.1. The van der Waals surface area contributed by atoms with Crippen LogP contribution in [0.2, 0.25) is 0 Å². The summed E-state index contributed by atoms with van der Waals surface area (Å²) >= 11 is 0. The Bertz CT molecular complexity index is 1110. The van der Waals surface area contributed by atoms with E-state index in [1.165, 1.54) is 38.9 Å². The average molecular weight is 427 g/mol. The van der Waals surface area contributed by atoms with Gasteiger partial charge in [-0.25, -0.2) is 9.13 Å². The van der Waals surface area contributed by atoms with Crippen molar-refractivity contribution < 1.29 is 13.9 Å².